The van der Waals surface area contributed by atoms with Crippen molar-refractivity contribution in [3.8, 4) is 23.0 Å². The molecule has 0 aromatic heterocycles. The Morgan fingerprint density at radius 2 is 0.486 bits per heavy atom. The van der Waals surface area contributed by atoms with E-state index in [0.29, 0.717) is 35.8 Å². The number of fused-ring (bicyclic) bond motifs is 4. The van der Waals surface area contributed by atoms with Crippen LogP contribution < -0.4 is 18.1 Å². The monoisotopic (exact) mass is 1020 g/mol. The van der Waals surface area contributed by atoms with Gasteiger partial charge in [-0.2, -0.15) is 0 Å². The van der Waals surface area contributed by atoms with E-state index >= 15 is 0 Å². The van der Waals surface area contributed by atoms with Crippen molar-refractivity contribution in [2.24, 2.45) is 0 Å². The fourth-order valence-corrected chi connectivity index (χ4v) is 10.4. The average Bonchev–Trinajstić information content (AvgIpc) is 3.13. The third-order valence-electron chi connectivity index (χ3n) is 12.9. The Balaban J connectivity index is 0.000000294. The Morgan fingerprint density at radius 3 is 0.614 bits per heavy atom. The topological polar surface area (TPSA) is 132 Å². The van der Waals surface area contributed by atoms with Crippen molar-refractivity contribution in [1.29, 1.82) is 0 Å². The highest BCUT2D eigenvalue weighted by Gasteiger charge is 2.40. The third-order valence-corrected chi connectivity index (χ3v) is 14.6. The van der Waals surface area contributed by atoms with Crippen LogP contribution in [0, 0.1) is 0 Å². The van der Waals surface area contributed by atoms with Crippen LogP contribution in [0.3, 0.4) is 0 Å². The second-order valence-corrected chi connectivity index (χ2v) is 30.3. The van der Waals surface area contributed by atoms with Crippen molar-refractivity contribution < 1.29 is 41.2 Å². The van der Waals surface area contributed by atoms with Gasteiger partial charge in [0.25, 0.3) is 0 Å². The Labute approximate surface area is 431 Å². The minimum absolute atomic E-state index is 0.0799. The van der Waals surface area contributed by atoms with Gasteiger partial charge in [0.05, 0.1) is 0 Å². The molecular formula is C58H87AlO9P2. The van der Waals surface area contributed by atoms with Gasteiger partial charge in [0, 0.05) is 35.1 Å². The summed E-state index contributed by atoms with van der Waals surface area (Å²) in [5, 5.41) is 0. The summed E-state index contributed by atoms with van der Waals surface area (Å²) in [6, 6.07) is 17.0. The van der Waals surface area contributed by atoms with Gasteiger partial charge in [0.2, 0.25) is 0 Å². The molecule has 0 atom stereocenters. The predicted octanol–water partition coefficient (Wildman–Crippen LogP) is 15.7. The zero-order valence-corrected chi connectivity index (χ0v) is 50.2. The van der Waals surface area contributed by atoms with Gasteiger partial charge in [-0.05, 0) is 87.8 Å². The molecule has 6 rings (SSSR count). The van der Waals surface area contributed by atoms with Crippen molar-refractivity contribution in [2.75, 3.05) is 0 Å². The summed E-state index contributed by atoms with van der Waals surface area (Å²) < 4.78 is 57.1. The summed E-state index contributed by atoms with van der Waals surface area (Å²) in [5.41, 5.74) is 10.6. The number of phosphoric acid groups is 2. The first-order valence-corrected chi connectivity index (χ1v) is 28.1. The van der Waals surface area contributed by atoms with E-state index in [0.717, 1.165) is 44.5 Å². The Kier molecular flexibility index (Phi) is 16.7. The normalized spacial score (nSPS) is 16.1. The summed E-state index contributed by atoms with van der Waals surface area (Å²) in [4.78, 5) is 21.8. The molecule has 386 valence electrons. The first kappa shape index (κ1) is 59.5. The number of benzene rings is 4. The van der Waals surface area contributed by atoms with Crippen molar-refractivity contribution in [1.82, 2.24) is 0 Å². The largest absolute Gasteiger partial charge is 0.584 e. The molecule has 0 spiro atoms. The summed E-state index contributed by atoms with van der Waals surface area (Å²) in [7, 11) is -8.85. The molecule has 70 heavy (non-hydrogen) atoms. The SMILES string of the molecule is CC(C)(C)c1cc2c(c(C(C)(C)C)c1)OP(=O)(O)Oc1c(cc(C(C)(C)C)cc1C(C)(C)C)C2.CC(C)(C)c1cc2c(c(C(C)(C)C)c1)OP(=O)(O)Oc1c(cc(C(C)(C)C)cc1C(C)(C)C)C2.[OH][Al]. The number of hydrogen-bond acceptors (Lipinski definition) is 7. The molecular weight excluding hydrogens is 930 g/mol. The van der Waals surface area contributed by atoms with E-state index in [9.17, 15) is 18.9 Å². The maximum Gasteiger partial charge on any atom is 0.584 e. The molecule has 3 N–H and O–H groups in total. The summed E-state index contributed by atoms with van der Waals surface area (Å²) in [5.74, 6) is 1.87. The van der Waals surface area contributed by atoms with E-state index < -0.39 is 15.6 Å². The second kappa shape index (κ2) is 19.7. The zero-order valence-electron chi connectivity index (χ0n) is 47.3. The lowest BCUT2D eigenvalue weighted by Gasteiger charge is -2.34. The van der Waals surface area contributed by atoms with Crippen LogP contribution in [0.5, 0.6) is 23.0 Å². The molecule has 0 bridgehead atoms. The van der Waals surface area contributed by atoms with Gasteiger partial charge < -0.3 is 22.3 Å². The van der Waals surface area contributed by atoms with Gasteiger partial charge >= 0.3 is 32.3 Å². The molecule has 4 aromatic carbocycles. The van der Waals surface area contributed by atoms with Gasteiger partial charge in [-0.15, -0.1) is 0 Å². The first-order chi connectivity index (χ1) is 31.2. The molecule has 2 aliphatic rings. The molecule has 0 amide bonds. The van der Waals surface area contributed by atoms with Crippen LogP contribution in [0.25, 0.3) is 0 Å². The first-order valence-electron chi connectivity index (χ1n) is 24.6. The van der Waals surface area contributed by atoms with Crippen molar-refractivity contribution >= 4 is 32.3 Å². The summed E-state index contributed by atoms with van der Waals surface area (Å²) in [6.45, 7) is 51.5. The number of hydrogen-bond donors (Lipinski definition) is 3. The Morgan fingerprint density at radius 1 is 0.329 bits per heavy atom. The van der Waals surface area contributed by atoms with E-state index in [1.54, 1.807) is 0 Å². The van der Waals surface area contributed by atoms with Gasteiger partial charge in [-0.1, -0.05) is 215 Å². The quantitative estimate of drug-likeness (QED) is 0.116. The number of rotatable bonds is 0. The molecule has 0 aliphatic carbocycles. The fourth-order valence-electron chi connectivity index (χ4n) is 8.58. The van der Waals surface area contributed by atoms with Gasteiger partial charge in [-0.25, -0.2) is 9.13 Å². The van der Waals surface area contributed by atoms with E-state index in [1.807, 2.05) is 0 Å². The molecule has 2 heterocycles. The smallest absolute Gasteiger partial charge is 0.529 e. The van der Waals surface area contributed by atoms with Crippen LogP contribution in [-0.2, 0) is 65.3 Å². The van der Waals surface area contributed by atoms with Crippen molar-refractivity contribution in [2.45, 2.75) is 222 Å². The lowest BCUT2D eigenvalue weighted by molar-refractivity contribution is 0.279. The number of phosphoric ester groups is 2. The molecule has 12 heteroatoms. The lowest BCUT2D eigenvalue weighted by Crippen LogP contribution is -2.22. The fraction of sp³-hybridized carbons (Fsp3) is 0.586. The third kappa shape index (κ3) is 14.2. The van der Waals surface area contributed by atoms with Crippen LogP contribution in [0.15, 0.2) is 48.5 Å². The Hall–Kier alpha value is -3.05. The lowest BCUT2D eigenvalue weighted by atomic mass is 9.76. The van der Waals surface area contributed by atoms with Crippen LogP contribution in [-0.4, -0.2) is 30.6 Å². The predicted molar refractivity (Wildman–Crippen MR) is 291 cm³/mol. The van der Waals surface area contributed by atoms with Crippen molar-refractivity contribution in [3.05, 3.63) is 115 Å². The van der Waals surface area contributed by atoms with Gasteiger partial charge in [0.15, 0.2) is 0 Å². The van der Waals surface area contributed by atoms with E-state index in [1.165, 1.54) is 38.9 Å². The molecule has 2 radical (unpaired) electrons. The maximum absolute atomic E-state index is 13.4. The molecule has 0 saturated heterocycles. The van der Waals surface area contributed by atoms with E-state index in [2.05, 4.69) is 215 Å². The molecule has 4 aromatic rings. The zero-order chi connectivity index (χ0) is 54.1. The summed E-state index contributed by atoms with van der Waals surface area (Å²) >= 11 is 1.42. The minimum Gasteiger partial charge on any atom is -0.529 e. The molecule has 2 aliphatic heterocycles. The standard InChI is InChI=1S/2C29H43O4P.Al.H2O/c2*1-26(2,3)20-14-18-13-19-15-21(27(4,5)6)17-23(29(10,11)12)25(19)33-34(30,31)32-24(18)22(16-20)28(7,8)9;;/h2*14-17H,13H2,1-12H3,(H,30,31);;1H2/q;;+1;/p-1. The minimum atomic E-state index is -4.43. The van der Waals surface area contributed by atoms with Gasteiger partial charge in [0.1, 0.15) is 23.0 Å². The van der Waals surface area contributed by atoms with Crippen LogP contribution in [0.4, 0.5) is 0 Å². The highest BCUT2D eigenvalue weighted by atomic mass is 31.2. The van der Waals surface area contributed by atoms with Crippen molar-refractivity contribution in [3.63, 3.8) is 0 Å². The second-order valence-electron chi connectivity index (χ2n) is 27.7. The molecule has 9 nitrogen and oxygen atoms in total. The maximum atomic E-state index is 13.4. The van der Waals surface area contributed by atoms with Crippen LogP contribution in [0.1, 0.15) is 233 Å². The van der Waals surface area contributed by atoms with E-state index in [-0.39, 0.29) is 43.3 Å². The highest BCUT2D eigenvalue weighted by molar-refractivity contribution is 7.48. The molecule has 0 saturated carbocycles. The van der Waals surface area contributed by atoms with Crippen LogP contribution >= 0.6 is 15.6 Å². The van der Waals surface area contributed by atoms with E-state index in [4.69, 9.17) is 22.3 Å². The van der Waals surface area contributed by atoms with Gasteiger partial charge in [-0.3, -0.25) is 9.79 Å². The highest BCUT2D eigenvalue weighted by Crippen LogP contribution is 2.57. The average molecular weight is 1020 g/mol. The summed E-state index contributed by atoms with van der Waals surface area (Å²) in [6.07, 6.45) is 1.12. The van der Waals surface area contributed by atoms with Crippen LogP contribution in [0.2, 0.25) is 0 Å². The molecule has 0 fully saturated rings. The molecule has 0 unspecified atom stereocenters. The Bertz CT molecular complexity index is 2320.